The molecule has 2 aromatic carbocycles. The molecule has 5 nitrogen and oxygen atoms in total. The summed E-state index contributed by atoms with van der Waals surface area (Å²) in [5.41, 5.74) is 2.31. The number of H-pyrrole nitrogens is 1. The van der Waals surface area contributed by atoms with Crippen molar-refractivity contribution in [2.45, 2.75) is 13.8 Å². The minimum atomic E-state index is -0.186. The maximum atomic E-state index is 12.5. The number of aromatic amines is 1. The molecule has 0 radical (unpaired) electrons. The van der Waals surface area contributed by atoms with Crippen LogP contribution in [0.3, 0.4) is 0 Å². The van der Waals surface area contributed by atoms with Gasteiger partial charge in [-0.2, -0.15) is 0 Å². The van der Waals surface area contributed by atoms with Crippen molar-refractivity contribution in [1.82, 2.24) is 4.98 Å². The number of ether oxygens (including phenoxy) is 2. The normalized spacial score (nSPS) is 10.6. The number of carbonyl (C=O) groups excluding carboxylic acids is 1. The summed E-state index contributed by atoms with van der Waals surface area (Å²) in [6, 6.07) is 12.9. The van der Waals surface area contributed by atoms with E-state index in [-0.39, 0.29) is 5.91 Å². The predicted octanol–water partition coefficient (Wildman–Crippen LogP) is 4.22. The fourth-order valence-electron chi connectivity index (χ4n) is 2.53. The molecule has 0 fully saturated rings. The van der Waals surface area contributed by atoms with Gasteiger partial charge in [0.2, 0.25) is 0 Å². The molecule has 0 aliphatic heterocycles. The molecule has 0 spiro atoms. The van der Waals surface area contributed by atoms with Gasteiger partial charge in [0, 0.05) is 28.4 Å². The Morgan fingerprint density at radius 1 is 1.00 bits per heavy atom. The van der Waals surface area contributed by atoms with E-state index in [1.807, 2.05) is 44.3 Å². The zero-order chi connectivity index (χ0) is 16.9. The Bertz CT molecular complexity index is 855. The van der Waals surface area contributed by atoms with Crippen molar-refractivity contribution in [3.8, 4) is 11.5 Å². The first-order chi connectivity index (χ1) is 11.7. The highest BCUT2D eigenvalue weighted by atomic mass is 16.5. The number of hydrogen-bond donors (Lipinski definition) is 2. The van der Waals surface area contributed by atoms with E-state index in [0.717, 1.165) is 16.6 Å². The van der Waals surface area contributed by atoms with Crippen LogP contribution in [0.1, 0.15) is 24.2 Å². The maximum Gasteiger partial charge on any atom is 0.255 e. The summed E-state index contributed by atoms with van der Waals surface area (Å²) in [4.78, 5) is 15.6. The summed E-state index contributed by atoms with van der Waals surface area (Å²) in [6.07, 6.45) is 1.87. The lowest BCUT2D eigenvalue weighted by Crippen LogP contribution is -2.12. The van der Waals surface area contributed by atoms with Crippen molar-refractivity contribution >= 4 is 22.5 Å². The summed E-state index contributed by atoms with van der Waals surface area (Å²) in [5.74, 6) is 1.03. The van der Waals surface area contributed by atoms with Crippen LogP contribution in [0.5, 0.6) is 11.5 Å². The van der Waals surface area contributed by atoms with Crippen LogP contribution in [0.25, 0.3) is 10.9 Å². The number of carbonyl (C=O) groups is 1. The number of anilines is 1. The number of rotatable bonds is 6. The Balaban J connectivity index is 1.81. The molecule has 3 rings (SSSR count). The first-order valence-electron chi connectivity index (χ1n) is 7.99. The van der Waals surface area contributed by atoms with Gasteiger partial charge in [-0.15, -0.1) is 0 Å². The Kier molecular flexibility index (Phi) is 4.70. The average molecular weight is 324 g/mol. The SMILES string of the molecule is CCOc1ccc(C(=O)Nc2ccc3[nH]ccc3c2)cc1OCC. The van der Waals surface area contributed by atoms with Crippen LogP contribution in [-0.2, 0) is 0 Å². The molecule has 24 heavy (non-hydrogen) atoms. The van der Waals surface area contributed by atoms with E-state index in [9.17, 15) is 4.79 Å². The molecule has 0 aliphatic rings. The number of nitrogens with one attached hydrogen (secondary N) is 2. The van der Waals surface area contributed by atoms with Crippen LogP contribution in [0.4, 0.5) is 5.69 Å². The molecule has 124 valence electrons. The monoisotopic (exact) mass is 324 g/mol. The predicted molar refractivity (Wildman–Crippen MR) is 95.0 cm³/mol. The van der Waals surface area contributed by atoms with Crippen LogP contribution >= 0.6 is 0 Å². The molecule has 0 saturated carbocycles. The first-order valence-corrected chi connectivity index (χ1v) is 7.99. The minimum Gasteiger partial charge on any atom is -0.490 e. The second-order valence-corrected chi connectivity index (χ2v) is 5.26. The fourth-order valence-corrected chi connectivity index (χ4v) is 2.53. The highest BCUT2D eigenvalue weighted by molar-refractivity contribution is 6.05. The second-order valence-electron chi connectivity index (χ2n) is 5.26. The van der Waals surface area contributed by atoms with Gasteiger partial charge in [-0.3, -0.25) is 4.79 Å². The summed E-state index contributed by atoms with van der Waals surface area (Å²) in [7, 11) is 0. The van der Waals surface area contributed by atoms with E-state index in [1.165, 1.54) is 0 Å². The van der Waals surface area contributed by atoms with Gasteiger partial charge >= 0.3 is 0 Å². The zero-order valence-electron chi connectivity index (χ0n) is 13.8. The zero-order valence-corrected chi connectivity index (χ0v) is 13.8. The Morgan fingerprint density at radius 3 is 2.58 bits per heavy atom. The summed E-state index contributed by atoms with van der Waals surface area (Å²) in [6.45, 7) is 4.86. The lowest BCUT2D eigenvalue weighted by Gasteiger charge is -2.12. The lowest BCUT2D eigenvalue weighted by molar-refractivity contribution is 0.102. The highest BCUT2D eigenvalue weighted by Gasteiger charge is 2.12. The topological polar surface area (TPSA) is 63.3 Å². The number of hydrogen-bond acceptors (Lipinski definition) is 3. The van der Waals surface area contributed by atoms with E-state index >= 15 is 0 Å². The molecule has 0 saturated heterocycles. The van der Waals surface area contributed by atoms with Gasteiger partial charge in [0.05, 0.1) is 13.2 Å². The van der Waals surface area contributed by atoms with Gasteiger partial charge in [0.1, 0.15) is 0 Å². The summed E-state index contributed by atoms with van der Waals surface area (Å²) >= 11 is 0. The molecule has 0 aliphatic carbocycles. The molecular weight excluding hydrogens is 304 g/mol. The van der Waals surface area contributed by atoms with Gasteiger partial charge in [-0.05, 0) is 56.3 Å². The smallest absolute Gasteiger partial charge is 0.255 e. The van der Waals surface area contributed by atoms with Gasteiger partial charge in [-0.25, -0.2) is 0 Å². The Morgan fingerprint density at radius 2 is 1.79 bits per heavy atom. The van der Waals surface area contributed by atoms with E-state index < -0.39 is 0 Å². The van der Waals surface area contributed by atoms with E-state index in [0.29, 0.717) is 30.3 Å². The van der Waals surface area contributed by atoms with E-state index in [1.54, 1.807) is 18.2 Å². The number of amides is 1. The molecule has 5 heteroatoms. The van der Waals surface area contributed by atoms with Crippen LogP contribution in [0, 0.1) is 0 Å². The van der Waals surface area contributed by atoms with Gasteiger partial charge < -0.3 is 19.8 Å². The van der Waals surface area contributed by atoms with E-state index in [2.05, 4.69) is 10.3 Å². The van der Waals surface area contributed by atoms with Gasteiger partial charge in [-0.1, -0.05) is 0 Å². The highest BCUT2D eigenvalue weighted by Crippen LogP contribution is 2.29. The van der Waals surface area contributed by atoms with Crippen LogP contribution < -0.4 is 14.8 Å². The van der Waals surface area contributed by atoms with E-state index in [4.69, 9.17) is 9.47 Å². The Hall–Kier alpha value is -2.95. The number of fused-ring (bicyclic) bond motifs is 1. The molecule has 0 atom stereocenters. The summed E-state index contributed by atoms with van der Waals surface area (Å²) in [5, 5.41) is 3.96. The number of aromatic nitrogens is 1. The van der Waals surface area contributed by atoms with Gasteiger partial charge in [0.25, 0.3) is 5.91 Å². The third-order valence-electron chi connectivity index (χ3n) is 3.62. The molecule has 0 unspecified atom stereocenters. The fraction of sp³-hybridized carbons (Fsp3) is 0.211. The van der Waals surface area contributed by atoms with Crippen LogP contribution in [0.2, 0.25) is 0 Å². The van der Waals surface area contributed by atoms with Crippen LogP contribution in [-0.4, -0.2) is 24.1 Å². The molecule has 1 heterocycles. The molecule has 1 amide bonds. The Labute approximate surface area is 140 Å². The third-order valence-corrected chi connectivity index (χ3v) is 3.62. The molecular formula is C19H20N2O3. The van der Waals surface area contributed by atoms with Gasteiger partial charge in [0.15, 0.2) is 11.5 Å². The van der Waals surface area contributed by atoms with Crippen molar-refractivity contribution in [2.24, 2.45) is 0 Å². The first kappa shape index (κ1) is 15.9. The minimum absolute atomic E-state index is 0.186. The lowest BCUT2D eigenvalue weighted by atomic mass is 10.1. The largest absolute Gasteiger partial charge is 0.490 e. The van der Waals surface area contributed by atoms with Crippen molar-refractivity contribution in [3.63, 3.8) is 0 Å². The standard InChI is InChI=1S/C19H20N2O3/c1-3-23-17-8-5-14(12-18(17)24-4-2)19(22)21-15-6-7-16-13(11-15)9-10-20-16/h5-12,20H,3-4H2,1-2H3,(H,21,22). The third kappa shape index (κ3) is 3.35. The molecule has 1 aromatic heterocycles. The maximum absolute atomic E-state index is 12.5. The molecule has 0 bridgehead atoms. The van der Waals surface area contributed by atoms with Crippen molar-refractivity contribution in [1.29, 1.82) is 0 Å². The average Bonchev–Trinajstić information content (AvgIpc) is 3.04. The molecule has 3 aromatic rings. The summed E-state index contributed by atoms with van der Waals surface area (Å²) < 4.78 is 11.1. The quantitative estimate of drug-likeness (QED) is 0.713. The van der Waals surface area contributed by atoms with Crippen molar-refractivity contribution < 1.29 is 14.3 Å². The van der Waals surface area contributed by atoms with Crippen molar-refractivity contribution in [2.75, 3.05) is 18.5 Å². The second kappa shape index (κ2) is 7.08. The molecule has 2 N–H and O–H groups in total. The van der Waals surface area contributed by atoms with Crippen molar-refractivity contribution in [3.05, 3.63) is 54.2 Å². The number of benzene rings is 2. The van der Waals surface area contributed by atoms with Crippen LogP contribution in [0.15, 0.2) is 48.7 Å².